The molecule has 4 rings (SSSR count). The minimum absolute atomic E-state index is 0.0514. The van der Waals surface area contributed by atoms with Crippen molar-refractivity contribution in [2.75, 3.05) is 0 Å². The van der Waals surface area contributed by atoms with E-state index < -0.39 is 26.1 Å². The van der Waals surface area contributed by atoms with Crippen LogP contribution in [0.4, 0.5) is 13.2 Å². The Bertz CT molecular complexity index is 1480. The molecule has 5 nitrogen and oxygen atoms in total. The summed E-state index contributed by atoms with van der Waals surface area (Å²) in [5.41, 5.74) is 8.82. The van der Waals surface area contributed by atoms with Crippen molar-refractivity contribution in [3.8, 4) is 0 Å². The first-order valence-electron chi connectivity index (χ1n) is 14.7. The predicted octanol–water partition coefficient (Wildman–Crippen LogP) is 8.13. The summed E-state index contributed by atoms with van der Waals surface area (Å²) < 4.78 is 47.6. The van der Waals surface area contributed by atoms with Crippen molar-refractivity contribution in [1.82, 2.24) is 10.3 Å². The standard InChI is InChI=1S/C34H42F3N3O2Si/c1-33(2,3)43(4,5)42-30(27(38)20-23-12-7-6-8-13-23)18-19-31(41)40-32(25-15-11-16-26(21-25)34(35,36)37)29-22-24-14-9-10-17-28(24)39-29/h6-17,21-22,27,30,32,39H,18-20,38H2,1-5H3,(H,40,41)/t27-,30-,32?/m0/s1. The molecule has 9 heteroatoms. The van der Waals surface area contributed by atoms with E-state index >= 15 is 0 Å². The highest BCUT2D eigenvalue weighted by Crippen LogP contribution is 2.38. The zero-order valence-corrected chi connectivity index (χ0v) is 26.5. The molecule has 0 aliphatic heterocycles. The first kappa shape index (κ1) is 32.5. The highest BCUT2D eigenvalue weighted by atomic mass is 28.4. The lowest BCUT2D eigenvalue weighted by atomic mass is 9.98. The zero-order valence-electron chi connectivity index (χ0n) is 25.5. The maximum absolute atomic E-state index is 13.6. The van der Waals surface area contributed by atoms with Gasteiger partial charge in [-0.25, -0.2) is 0 Å². The fraction of sp³-hybridized carbons (Fsp3) is 0.382. The number of amides is 1. The van der Waals surface area contributed by atoms with Crippen LogP contribution >= 0.6 is 0 Å². The molecule has 230 valence electrons. The Hall–Kier alpha value is -3.40. The second-order valence-electron chi connectivity index (χ2n) is 12.7. The van der Waals surface area contributed by atoms with Gasteiger partial charge in [-0.2, -0.15) is 13.2 Å². The molecule has 0 aliphatic carbocycles. The molecule has 43 heavy (non-hydrogen) atoms. The third-order valence-electron chi connectivity index (χ3n) is 8.41. The summed E-state index contributed by atoms with van der Waals surface area (Å²) >= 11 is 0. The number of halogens is 3. The predicted molar refractivity (Wildman–Crippen MR) is 169 cm³/mol. The topological polar surface area (TPSA) is 80.1 Å². The molecule has 4 N–H and O–H groups in total. The van der Waals surface area contributed by atoms with Gasteiger partial charge in [-0.3, -0.25) is 4.79 Å². The van der Waals surface area contributed by atoms with Crippen LogP contribution in [0.15, 0.2) is 84.9 Å². The maximum Gasteiger partial charge on any atom is 0.416 e. The lowest BCUT2D eigenvalue weighted by molar-refractivity contribution is -0.137. The van der Waals surface area contributed by atoms with Gasteiger partial charge in [0.1, 0.15) is 0 Å². The van der Waals surface area contributed by atoms with Gasteiger partial charge in [0.05, 0.1) is 17.7 Å². The van der Waals surface area contributed by atoms with Gasteiger partial charge in [-0.05, 0) is 71.8 Å². The molecule has 1 heterocycles. The number of H-pyrrole nitrogens is 1. The number of hydrogen-bond acceptors (Lipinski definition) is 3. The Morgan fingerprint density at radius 1 is 0.953 bits per heavy atom. The quantitative estimate of drug-likeness (QED) is 0.150. The molecule has 0 bridgehead atoms. The van der Waals surface area contributed by atoms with Crippen LogP contribution in [0.2, 0.25) is 18.1 Å². The number of carbonyl (C=O) groups excluding carboxylic acids is 1. The average molecular weight is 610 g/mol. The highest BCUT2D eigenvalue weighted by molar-refractivity contribution is 6.74. The van der Waals surface area contributed by atoms with E-state index in [9.17, 15) is 18.0 Å². The number of alkyl halides is 3. The molecule has 1 amide bonds. The van der Waals surface area contributed by atoms with E-state index in [1.54, 1.807) is 6.07 Å². The largest absolute Gasteiger partial charge is 0.416 e. The van der Waals surface area contributed by atoms with E-state index in [-0.39, 0.29) is 29.5 Å². The molecule has 0 saturated carbocycles. The van der Waals surface area contributed by atoms with Gasteiger partial charge < -0.3 is 20.5 Å². The van der Waals surface area contributed by atoms with E-state index in [0.29, 0.717) is 24.1 Å². The number of hydrogen-bond donors (Lipinski definition) is 3. The Kier molecular flexibility index (Phi) is 9.88. The molecule has 0 radical (unpaired) electrons. The molecule has 0 saturated heterocycles. The van der Waals surface area contributed by atoms with Crippen molar-refractivity contribution in [3.63, 3.8) is 0 Å². The molecule has 0 fully saturated rings. The van der Waals surface area contributed by atoms with Crippen molar-refractivity contribution < 1.29 is 22.4 Å². The second kappa shape index (κ2) is 13.1. The Morgan fingerprint density at radius 3 is 2.28 bits per heavy atom. The van der Waals surface area contributed by atoms with Crippen LogP contribution in [0.3, 0.4) is 0 Å². The maximum atomic E-state index is 13.6. The minimum atomic E-state index is -4.51. The summed E-state index contributed by atoms with van der Waals surface area (Å²) in [5, 5.41) is 3.85. The smallest absolute Gasteiger partial charge is 0.412 e. The summed E-state index contributed by atoms with van der Waals surface area (Å²) in [4.78, 5) is 16.8. The van der Waals surface area contributed by atoms with Gasteiger partial charge in [0, 0.05) is 23.7 Å². The molecular weight excluding hydrogens is 567 g/mol. The third kappa shape index (κ3) is 8.37. The van der Waals surface area contributed by atoms with E-state index in [2.05, 4.69) is 44.2 Å². The first-order chi connectivity index (χ1) is 20.1. The Labute approximate surface area is 253 Å². The lowest BCUT2D eigenvalue weighted by Gasteiger charge is -2.41. The van der Waals surface area contributed by atoms with Crippen LogP contribution < -0.4 is 11.1 Å². The second-order valence-corrected chi connectivity index (χ2v) is 17.5. The van der Waals surface area contributed by atoms with Gasteiger partial charge in [0.2, 0.25) is 5.91 Å². The van der Waals surface area contributed by atoms with Crippen LogP contribution in [0.25, 0.3) is 10.9 Å². The van der Waals surface area contributed by atoms with Gasteiger partial charge >= 0.3 is 6.18 Å². The average Bonchev–Trinajstić information content (AvgIpc) is 3.37. The van der Waals surface area contributed by atoms with Crippen LogP contribution in [-0.2, 0) is 21.8 Å². The van der Waals surface area contributed by atoms with Crippen molar-refractivity contribution in [1.29, 1.82) is 0 Å². The number of benzene rings is 3. The highest BCUT2D eigenvalue weighted by Gasteiger charge is 2.40. The third-order valence-corrected chi connectivity index (χ3v) is 12.9. The number of carbonyl (C=O) groups is 1. The van der Waals surface area contributed by atoms with Crippen molar-refractivity contribution in [2.24, 2.45) is 5.73 Å². The first-order valence-corrected chi connectivity index (χ1v) is 17.6. The Balaban J connectivity index is 1.58. The molecule has 3 atom stereocenters. The monoisotopic (exact) mass is 609 g/mol. The van der Waals surface area contributed by atoms with E-state index in [0.717, 1.165) is 28.6 Å². The minimum Gasteiger partial charge on any atom is -0.412 e. The number of aromatic nitrogens is 1. The van der Waals surface area contributed by atoms with E-state index in [1.807, 2.05) is 60.7 Å². The SMILES string of the molecule is CC(C)(C)[Si](C)(C)O[C@@H](CCC(=O)NC(c1cccc(C(F)(F)F)c1)c1cc2ccccc2[nH]1)[C@@H](N)Cc1ccccc1. The zero-order chi connectivity index (χ0) is 31.4. The Morgan fingerprint density at radius 2 is 1.63 bits per heavy atom. The van der Waals surface area contributed by atoms with Crippen LogP contribution in [-0.4, -0.2) is 31.4 Å². The van der Waals surface area contributed by atoms with E-state index in [4.69, 9.17) is 10.2 Å². The summed E-state index contributed by atoms with van der Waals surface area (Å²) in [6, 6.07) is 23.3. The number of aromatic amines is 1. The number of rotatable bonds is 11. The molecule has 0 aliphatic rings. The molecule has 0 spiro atoms. The number of para-hydroxylation sites is 1. The lowest BCUT2D eigenvalue weighted by Crippen LogP contribution is -2.50. The molecule has 3 aromatic carbocycles. The van der Waals surface area contributed by atoms with Gasteiger partial charge in [-0.15, -0.1) is 0 Å². The fourth-order valence-electron chi connectivity index (χ4n) is 4.93. The molecular formula is C34H42F3N3O2Si. The number of fused-ring (bicyclic) bond motifs is 1. The van der Waals surface area contributed by atoms with Crippen LogP contribution in [0, 0.1) is 0 Å². The van der Waals surface area contributed by atoms with Crippen molar-refractivity contribution >= 4 is 25.1 Å². The summed E-state index contributed by atoms with van der Waals surface area (Å²) in [6.45, 7) is 10.8. The van der Waals surface area contributed by atoms with Crippen LogP contribution in [0.1, 0.15) is 62.0 Å². The van der Waals surface area contributed by atoms with Gasteiger partial charge in [0.25, 0.3) is 0 Å². The normalized spacial score (nSPS) is 14.8. The van der Waals surface area contributed by atoms with Crippen molar-refractivity contribution in [2.45, 2.75) is 82.5 Å². The number of nitrogens with one attached hydrogen (secondary N) is 2. The van der Waals surface area contributed by atoms with Gasteiger partial charge in [0.15, 0.2) is 8.32 Å². The summed E-state index contributed by atoms with van der Waals surface area (Å²) in [6.07, 6.45) is -3.78. The molecule has 1 aromatic heterocycles. The number of nitrogens with two attached hydrogens (primary N) is 1. The van der Waals surface area contributed by atoms with E-state index in [1.165, 1.54) is 6.07 Å². The van der Waals surface area contributed by atoms with Crippen molar-refractivity contribution in [3.05, 3.63) is 107 Å². The van der Waals surface area contributed by atoms with Crippen LogP contribution in [0.5, 0.6) is 0 Å². The summed E-state index contributed by atoms with van der Waals surface area (Å²) in [7, 11) is -2.22. The molecule has 4 aromatic rings. The fourth-order valence-corrected chi connectivity index (χ4v) is 6.33. The molecule has 1 unspecified atom stereocenters. The summed E-state index contributed by atoms with van der Waals surface area (Å²) in [5.74, 6) is -0.295. The van der Waals surface area contributed by atoms with Gasteiger partial charge in [-0.1, -0.05) is 81.4 Å².